The van der Waals surface area contributed by atoms with E-state index in [1.165, 1.54) is 0 Å². The van der Waals surface area contributed by atoms with Crippen LogP contribution in [0.5, 0.6) is 5.75 Å². The number of ether oxygens (including phenoxy) is 2. The maximum absolute atomic E-state index is 11.6. The predicted octanol–water partition coefficient (Wildman–Crippen LogP) is 0.641. The van der Waals surface area contributed by atoms with E-state index >= 15 is 0 Å². The molecule has 1 saturated heterocycles. The van der Waals surface area contributed by atoms with Crippen LogP contribution >= 0.6 is 0 Å². The summed E-state index contributed by atoms with van der Waals surface area (Å²) >= 11 is 0. The average molecular weight is 262 g/mol. The van der Waals surface area contributed by atoms with Crippen molar-refractivity contribution >= 4 is 5.91 Å². The van der Waals surface area contributed by atoms with E-state index < -0.39 is 0 Å². The molecule has 5 heteroatoms. The fraction of sp³-hybridized carbons (Fsp3) is 0.500. The van der Waals surface area contributed by atoms with Crippen molar-refractivity contribution in [1.29, 1.82) is 0 Å². The van der Waals surface area contributed by atoms with Crippen LogP contribution in [0.25, 0.3) is 0 Å². The number of hydrogen-bond donors (Lipinski definition) is 1. The SMILES string of the molecule is O=C1NCc2ccc(OCCN3CCOCC3)cc21. The summed E-state index contributed by atoms with van der Waals surface area (Å²) in [6.45, 7) is 5.71. The number of nitrogens with zero attached hydrogens (tertiary/aromatic N) is 1. The Kier molecular flexibility index (Phi) is 3.66. The molecule has 0 atom stereocenters. The van der Waals surface area contributed by atoms with Gasteiger partial charge in [0.1, 0.15) is 12.4 Å². The molecule has 0 spiro atoms. The van der Waals surface area contributed by atoms with E-state index in [0.29, 0.717) is 13.2 Å². The molecule has 0 aliphatic carbocycles. The van der Waals surface area contributed by atoms with Crippen molar-refractivity contribution in [1.82, 2.24) is 10.2 Å². The van der Waals surface area contributed by atoms with E-state index in [0.717, 1.165) is 49.7 Å². The summed E-state index contributed by atoms with van der Waals surface area (Å²) in [5, 5.41) is 2.80. The molecule has 3 rings (SSSR count). The lowest BCUT2D eigenvalue weighted by atomic mass is 10.1. The highest BCUT2D eigenvalue weighted by Gasteiger charge is 2.19. The Labute approximate surface area is 112 Å². The van der Waals surface area contributed by atoms with Crippen LogP contribution in [0.15, 0.2) is 18.2 Å². The number of nitrogens with one attached hydrogen (secondary N) is 1. The quantitative estimate of drug-likeness (QED) is 0.865. The molecule has 1 fully saturated rings. The highest BCUT2D eigenvalue weighted by Crippen LogP contribution is 2.21. The number of fused-ring (bicyclic) bond motifs is 1. The third kappa shape index (κ3) is 2.88. The molecule has 0 bridgehead atoms. The summed E-state index contributed by atoms with van der Waals surface area (Å²) in [6, 6.07) is 5.71. The van der Waals surface area contributed by atoms with Gasteiger partial charge in [-0.1, -0.05) is 6.07 Å². The molecule has 19 heavy (non-hydrogen) atoms. The molecule has 0 unspecified atom stereocenters. The molecule has 1 aromatic rings. The van der Waals surface area contributed by atoms with Crippen molar-refractivity contribution in [3.8, 4) is 5.75 Å². The summed E-state index contributed by atoms with van der Waals surface area (Å²) in [6.07, 6.45) is 0. The zero-order chi connectivity index (χ0) is 13.1. The molecule has 2 aliphatic rings. The Bertz CT molecular complexity index is 470. The second-order valence-corrected chi connectivity index (χ2v) is 4.80. The molecule has 1 aromatic carbocycles. The molecule has 0 saturated carbocycles. The fourth-order valence-corrected chi connectivity index (χ4v) is 2.40. The summed E-state index contributed by atoms with van der Waals surface area (Å²) in [5.41, 5.74) is 1.79. The number of carbonyl (C=O) groups excluding carboxylic acids is 1. The first-order valence-electron chi connectivity index (χ1n) is 6.67. The number of morpholine rings is 1. The van der Waals surface area contributed by atoms with E-state index in [-0.39, 0.29) is 5.91 Å². The lowest BCUT2D eigenvalue weighted by Gasteiger charge is -2.26. The van der Waals surface area contributed by atoms with E-state index in [1.807, 2.05) is 18.2 Å². The first-order valence-corrected chi connectivity index (χ1v) is 6.67. The van der Waals surface area contributed by atoms with Gasteiger partial charge in [0.05, 0.1) is 13.2 Å². The normalized spacial score (nSPS) is 19.1. The monoisotopic (exact) mass is 262 g/mol. The number of hydrogen-bond acceptors (Lipinski definition) is 4. The van der Waals surface area contributed by atoms with E-state index in [9.17, 15) is 4.79 Å². The summed E-state index contributed by atoms with van der Waals surface area (Å²) in [7, 11) is 0. The number of carbonyl (C=O) groups is 1. The molecule has 1 N–H and O–H groups in total. The Morgan fingerprint density at radius 2 is 2.16 bits per heavy atom. The van der Waals surface area contributed by atoms with Gasteiger partial charge in [0, 0.05) is 31.7 Å². The lowest BCUT2D eigenvalue weighted by molar-refractivity contribution is 0.0322. The van der Waals surface area contributed by atoms with Crippen LogP contribution in [-0.2, 0) is 11.3 Å². The maximum Gasteiger partial charge on any atom is 0.252 e. The van der Waals surface area contributed by atoms with Crippen molar-refractivity contribution in [2.45, 2.75) is 6.54 Å². The first kappa shape index (κ1) is 12.4. The van der Waals surface area contributed by atoms with Crippen molar-refractivity contribution in [2.24, 2.45) is 0 Å². The van der Waals surface area contributed by atoms with Gasteiger partial charge in [-0.25, -0.2) is 0 Å². The van der Waals surface area contributed by atoms with E-state index in [4.69, 9.17) is 9.47 Å². The van der Waals surface area contributed by atoms with Gasteiger partial charge in [0.15, 0.2) is 0 Å². The molecule has 1 amide bonds. The van der Waals surface area contributed by atoms with Crippen molar-refractivity contribution < 1.29 is 14.3 Å². The van der Waals surface area contributed by atoms with E-state index in [1.54, 1.807) is 0 Å². The van der Waals surface area contributed by atoms with Crippen LogP contribution in [0.2, 0.25) is 0 Å². The smallest absolute Gasteiger partial charge is 0.252 e. The van der Waals surface area contributed by atoms with Crippen molar-refractivity contribution in [3.05, 3.63) is 29.3 Å². The zero-order valence-electron chi connectivity index (χ0n) is 10.9. The van der Waals surface area contributed by atoms with Gasteiger partial charge in [0.25, 0.3) is 5.91 Å². The van der Waals surface area contributed by atoms with Crippen LogP contribution < -0.4 is 10.1 Å². The second-order valence-electron chi connectivity index (χ2n) is 4.80. The van der Waals surface area contributed by atoms with Gasteiger partial charge in [0.2, 0.25) is 0 Å². The molecular weight excluding hydrogens is 244 g/mol. The van der Waals surface area contributed by atoms with Crippen molar-refractivity contribution in [2.75, 3.05) is 39.5 Å². The number of amides is 1. The molecule has 2 aliphatic heterocycles. The lowest BCUT2D eigenvalue weighted by Crippen LogP contribution is -2.38. The van der Waals surface area contributed by atoms with Gasteiger partial charge >= 0.3 is 0 Å². The molecular formula is C14H18N2O3. The molecule has 5 nitrogen and oxygen atoms in total. The molecule has 0 radical (unpaired) electrons. The van der Waals surface area contributed by atoms with Crippen LogP contribution in [-0.4, -0.2) is 50.3 Å². The molecule has 2 heterocycles. The van der Waals surface area contributed by atoms with Crippen LogP contribution in [0, 0.1) is 0 Å². The van der Waals surface area contributed by atoms with E-state index in [2.05, 4.69) is 10.2 Å². The fourth-order valence-electron chi connectivity index (χ4n) is 2.40. The van der Waals surface area contributed by atoms with Crippen molar-refractivity contribution in [3.63, 3.8) is 0 Å². The van der Waals surface area contributed by atoms with Gasteiger partial charge in [-0.05, 0) is 17.7 Å². The minimum atomic E-state index is -0.00590. The zero-order valence-corrected chi connectivity index (χ0v) is 10.9. The third-order valence-electron chi connectivity index (χ3n) is 3.55. The number of benzene rings is 1. The third-order valence-corrected chi connectivity index (χ3v) is 3.55. The average Bonchev–Trinajstić information content (AvgIpc) is 2.82. The Morgan fingerprint density at radius 1 is 1.32 bits per heavy atom. The Morgan fingerprint density at radius 3 is 3.00 bits per heavy atom. The van der Waals surface area contributed by atoms with Crippen LogP contribution in [0.3, 0.4) is 0 Å². The minimum Gasteiger partial charge on any atom is -0.492 e. The van der Waals surface area contributed by atoms with Crippen LogP contribution in [0.4, 0.5) is 0 Å². The number of rotatable bonds is 4. The van der Waals surface area contributed by atoms with Crippen LogP contribution in [0.1, 0.15) is 15.9 Å². The summed E-state index contributed by atoms with van der Waals surface area (Å²) in [5.74, 6) is 0.762. The maximum atomic E-state index is 11.6. The summed E-state index contributed by atoms with van der Waals surface area (Å²) in [4.78, 5) is 13.9. The highest BCUT2D eigenvalue weighted by atomic mass is 16.5. The van der Waals surface area contributed by atoms with Gasteiger partial charge in [-0.15, -0.1) is 0 Å². The highest BCUT2D eigenvalue weighted by molar-refractivity contribution is 5.98. The summed E-state index contributed by atoms with van der Waals surface area (Å²) < 4.78 is 11.0. The Balaban J connectivity index is 1.53. The largest absolute Gasteiger partial charge is 0.492 e. The van der Waals surface area contributed by atoms with Gasteiger partial charge in [-0.2, -0.15) is 0 Å². The molecule has 102 valence electrons. The first-order chi connectivity index (χ1) is 9.33. The Hall–Kier alpha value is -1.59. The topological polar surface area (TPSA) is 50.8 Å². The second kappa shape index (κ2) is 5.59. The van der Waals surface area contributed by atoms with Gasteiger partial charge in [-0.3, -0.25) is 9.69 Å². The standard InChI is InChI=1S/C14H18N2O3/c17-14-13-9-12(2-1-11(13)10-15-14)19-8-5-16-3-6-18-7-4-16/h1-2,9H,3-8,10H2,(H,15,17). The predicted molar refractivity (Wildman–Crippen MR) is 70.4 cm³/mol. The van der Waals surface area contributed by atoms with Gasteiger partial charge < -0.3 is 14.8 Å². The minimum absolute atomic E-state index is 0.00590. The molecule has 0 aromatic heterocycles.